The number of unbranched alkanes of at least 4 members (excludes halogenated alkanes) is 1. The third-order valence-corrected chi connectivity index (χ3v) is 2.16. The Morgan fingerprint density at radius 3 is 2.29 bits per heavy atom. The molecule has 0 aromatic heterocycles. The molecule has 0 aliphatic rings. The van der Waals surface area contributed by atoms with Crippen molar-refractivity contribution in [2.24, 2.45) is 5.41 Å². The minimum atomic E-state index is -0.162. The summed E-state index contributed by atoms with van der Waals surface area (Å²) in [6, 6.07) is 0. The van der Waals surface area contributed by atoms with E-state index in [0.29, 0.717) is 5.41 Å². The molecular weight excluding hydrogens is 176 g/mol. The highest BCUT2D eigenvalue weighted by Crippen LogP contribution is 2.17. The van der Waals surface area contributed by atoms with Crippen LogP contribution in [0.1, 0.15) is 53.4 Å². The van der Waals surface area contributed by atoms with E-state index in [1.807, 2.05) is 6.92 Å². The largest absolute Gasteiger partial charge is 0.393 e. The standard InChI is InChI=1S/C12H26O2/c1-11(13)7-5-6-9-14-10-8-12(2,3)4/h11,13H,5-10H2,1-4H3. The van der Waals surface area contributed by atoms with E-state index in [9.17, 15) is 0 Å². The summed E-state index contributed by atoms with van der Waals surface area (Å²) in [5.41, 5.74) is 0.375. The predicted octanol–water partition coefficient (Wildman–Crippen LogP) is 2.99. The number of hydrogen-bond acceptors (Lipinski definition) is 2. The lowest BCUT2D eigenvalue weighted by Gasteiger charge is -2.17. The summed E-state index contributed by atoms with van der Waals surface area (Å²) in [4.78, 5) is 0. The van der Waals surface area contributed by atoms with Gasteiger partial charge in [-0.2, -0.15) is 0 Å². The fourth-order valence-electron chi connectivity index (χ4n) is 1.12. The van der Waals surface area contributed by atoms with Gasteiger partial charge in [-0.05, 0) is 38.0 Å². The molecule has 0 aromatic carbocycles. The van der Waals surface area contributed by atoms with Gasteiger partial charge in [-0.15, -0.1) is 0 Å². The summed E-state index contributed by atoms with van der Waals surface area (Å²) >= 11 is 0. The molecule has 0 saturated carbocycles. The molecule has 14 heavy (non-hydrogen) atoms. The van der Waals surface area contributed by atoms with E-state index < -0.39 is 0 Å². The normalized spacial score (nSPS) is 14.4. The Labute approximate surface area is 88.7 Å². The molecule has 1 unspecified atom stereocenters. The average Bonchev–Trinajstić information content (AvgIpc) is 2.00. The summed E-state index contributed by atoms with van der Waals surface area (Å²) in [5, 5.41) is 9.02. The van der Waals surface area contributed by atoms with Gasteiger partial charge < -0.3 is 9.84 Å². The summed E-state index contributed by atoms with van der Waals surface area (Å²) in [7, 11) is 0. The minimum absolute atomic E-state index is 0.162. The molecule has 0 saturated heterocycles. The van der Waals surface area contributed by atoms with Crippen LogP contribution in [0.4, 0.5) is 0 Å². The van der Waals surface area contributed by atoms with E-state index in [0.717, 1.165) is 38.9 Å². The summed E-state index contributed by atoms with van der Waals surface area (Å²) in [6.45, 7) is 10.2. The molecule has 0 spiro atoms. The number of hydrogen-bond donors (Lipinski definition) is 1. The highest BCUT2D eigenvalue weighted by atomic mass is 16.5. The Bertz CT molecular complexity index is 125. The molecule has 2 nitrogen and oxygen atoms in total. The van der Waals surface area contributed by atoms with Gasteiger partial charge in [0.15, 0.2) is 0 Å². The third kappa shape index (κ3) is 11.9. The highest BCUT2D eigenvalue weighted by Gasteiger charge is 2.08. The van der Waals surface area contributed by atoms with Crippen molar-refractivity contribution in [3.63, 3.8) is 0 Å². The Balaban J connectivity index is 3.07. The molecule has 0 aromatic rings. The molecule has 1 N–H and O–H groups in total. The monoisotopic (exact) mass is 202 g/mol. The fourth-order valence-corrected chi connectivity index (χ4v) is 1.12. The van der Waals surface area contributed by atoms with Crippen molar-refractivity contribution in [2.45, 2.75) is 59.5 Å². The van der Waals surface area contributed by atoms with Gasteiger partial charge in [-0.25, -0.2) is 0 Å². The lowest BCUT2D eigenvalue weighted by atomic mass is 9.93. The van der Waals surface area contributed by atoms with Gasteiger partial charge in [0.1, 0.15) is 0 Å². The fraction of sp³-hybridized carbons (Fsp3) is 1.00. The molecule has 0 aliphatic heterocycles. The topological polar surface area (TPSA) is 29.5 Å². The maximum Gasteiger partial charge on any atom is 0.0512 e. The van der Waals surface area contributed by atoms with Crippen LogP contribution < -0.4 is 0 Å². The van der Waals surface area contributed by atoms with Crippen molar-refractivity contribution in [1.82, 2.24) is 0 Å². The van der Waals surface area contributed by atoms with Crippen LogP contribution in [-0.4, -0.2) is 24.4 Å². The van der Waals surface area contributed by atoms with Crippen LogP contribution in [-0.2, 0) is 4.74 Å². The van der Waals surface area contributed by atoms with Crippen molar-refractivity contribution in [2.75, 3.05) is 13.2 Å². The van der Waals surface area contributed by atoms with Gasteiger partial charge in [-0.3, -0.25) is 0 Å². The van der Waals surface area contributed by atoms with Crippen LogP contribution in [0, 0.1) is 5.41 Å². The Morgan fingerprint density at radius 1 is 1.14 bits per heavy atom. The molecule has 1 atom stereocenters. The van der Waals surface area contributed by atoms with Crippen LogP contribution in [0.15, 0.2) is 0 Å². The van der Waals surface area contributed by atoms with Gasteiger partial charge in [0.25, 0.3) is 0 Å². The zero-order valence-electron chi connectivity index (χ0n) is 10.2. The first-order valence-electron chi connectivity index (χ1n) is 5.67. The summed E-state index contributed by atoms with van der Waals surface area (Å²) < 4.78 is 5.51. The number of ether oxygens (including phenoxy) is 1. The van der Waals surface area contributed by atoms with Crippen LogP contribution in [0.5, 0.6) is 0 Å². The maximum atomic E-state index is 9.02. The highest BCUT2D eigenvalue weighted by molar-refractivity contribution is 4.59. The van der Waals surface area contributed by atoms with E-state index in [1.165, 1.54) is 0 Å². The molecule has 0 bridgehead atoms. The zero-order chi connectivity index (χ0) is 11.0. The quantitative estimate of drug-likeness (QED) is 0.643. The van der Waals surface area contributed by atoms with E-state index in [2.05, 4.69) is 20.8 Å². The Kier molecular flexibility index (Phi) is 7.20. The number of aliphatic hydroxyl groups excluding tert-OH is 1. The number of rotatable bonds is 7. The van der Waals surface area contributed by atoms with Gasteiger partial charge >= 0.3 is 0 Å². The van der Waals surface area contributed by atoms with Gasteiger partial charge in [-0.1, -0.05) is 20.8 Å². The van der Waals surface area contributed by atoms with E-state index in [1.54, 1.807) is 0 Å². The van der Waals surface area contributed by atoms with Crippen molar-refractivity contribution in [1.29, 1.82) is 0 Å². The van der Waals surface area contributed by atoms with Crippen LogP contribution >= 0.6 is 0 Å². The first-order chi connectivity index (χ1) is 6.42. The van der Waals surface area contributed by atoms with Crippen molar-refractivity contribution in [3.05, 3.63) is 0 Å². The first kappa shape index (κ1) is 13.9. The second-order valence-corrected chi connectivity index (χ2v) is 5.27. The maximum absolute atomic E-state index is 9.02. The smallest absolute Gasteiger partial charge is 0.0512 e. The van der Waals surface area contributed by atoms with Crippen LogP contribution in [0.3, 0.4) is 0 Å². The Hall–Kier alpha value is -0.0800. The molecular formula is C12H26O2. The Morgan fingerprint density at radius 2 is 1.79 bits per heavy atom. The predicted molar refractivity (Wildman–Crippen MR) is 60.4 cm³/mol. The second kappa shape index (κ2) is 7.24. The second-order valence-electron chi connectivity index (χ2n) is 5.27. The molecule has 0 radical (unpaired) electrons. The summed E-state index contributed by atoms with van der Waals surface area (Å²) in [6.07, 6.45) is 3.97. The molecule has 0 amide bonds. The van der Waals surface area contributed by atoms with Crippen molar-refractivity contribution in [3.8, 4) is 0 Å². The van der Waals surface area contributed by atoms with Crippen LogP contribution in [0.2, 0.25) is 0 Å². The van der Waals surface area contributed by atoms with Crippen molar-refractivity contribution < 1.29 is 9.84 Å². The molecule has 0 heterocycles. The van der Waals surface area contributed by atoms with Gasteiger partial charge in [0.2, 0.25) is 0 Å². The summed E-state index contributed by atoms with van der Waals surface area (Å²) in [5.74, 6) is 0. The molecule has 0 aliphatic carbocycles. The lowest BCUT2D eigenvalue weighted by Crippen LogP contribution is -2.10. The van der Waals surface area contributed by atoms with Gasteiger partial charge in [0, 0.05) is 13.2 Å². The lowest BCUT2D eigenvalue weighted by molar-refractivity contribution is 0.101. The van der Waals surface area contributed by atoms with E-state index in [-0.39, 0.29) is 6.10 Å². The molecule has 86 valence electrons. The van der Waals surface area contributed by atoms with Crippen molar-refractivity contribution >= 4 is 0 Å². The number of aliphatic hydroxyl groups is 1. The molecule has 0 rings (SSSR count). The van der Waals surface area contributed by atoms with E-state index >= 15 is 0 Å². The van der Waals surface area contributed by atoms with E-state index in [4.69, 9.17) is 9.84 Å². The van der Waals surface area contributed by atoms with Gasteiger partial charge in [0.05, 0.1) is 6.10 Å². The molecule has 2 heteroatoms. The third-order valence-electron chi connectivity index (χ3n) is 2.16. The average molecular weight is 202 g/mol. The minimum Gasteiger partial charge on any atom is -0.393 e. The van der Waals surface area contributed by atoms with Crippen LogP contribution in [0.25, 0.3) is 0 Å². The first-order valence-corrected chi connectivity index (χ1v) is 5.67. The zero-order valence-corrected chi connectivity index (χ0v) is 10.2. The SMILES string of the molecule is CC(O)CCCCOCCC(C)(C)C. The molecule has 0 fully saturated rings.